The Morgan fingerprint density at radius 2 is 2.23 bits per heavy atom. The molecule has 0 unspecified atom stereocenters. The maximum absolute atomic E-state index is 4.36. The fraction of sp³-hybridized carbons (Fsp3) is 0.364. The van der Waals surface area contributed by atoms with Gasteiger partial charge in [-0.1, -0.05) is 19.1 Å². The highest BCUT2D eigenvalue weighted by atomic mass is 15.2. The first kappa shape index (κ1) is 8.30. The Balaban J connectivity index is 2.32. The summed E-state index contributed by atoms with van der Waals surface area (Å²) in [6, 6.07) is 8.31. The summed E-state index contributed by atoms with van der Waals surface area (Å²) in [5.74, 6) is 0. The summed E-state index contributed by atoms with van der Waals surface area (Å²) in [6.45, 7) is 4.27. The second-order valence-corrected chi connectivity index (χ2v) is 3.25. The summed E-state index contributed by atoms with van der Waals surface area (Å²) in [6.07, 6.45) is 3.17. The van der Waals surface area contributed by atoms with E-state index in [0.717, 1.165) is 18.8 Å². The molecule has 0 N–H and O–H groups in total. The monoisotopic (exact) mass is 174 g/mol. The van der Waals surface area contributed by atoms with Crippen molar-refractivity contribution in [1.29, 1.82) is 0 Å². The first-order valence-electron chi connectivity index (χ1n) is 4.78. The fourth-order valence-electron chi connectivity index (χ4n) is 1.66. The first-order chi connectivity index (χ1) is 6.42. The average molecular weight is 174 g/mol. The number of aliphatic imine (C=N–C) groups is 1. The van der Waals surface area contributed by atoms with Crippen LogP contribution in [0.1, 0.15) is 13.3 Å². The predicted molar refractivity (Wildman–Crippen MR) is 57.1 cm³/mol. The molecule has 0 saturated heterocycles. The van der Waals surface area contributed by atoms with Crippen LogP contribution in [0.4, 0.5) is 11.4 Å². The number of para-hydroxylation sites is 2. The minimum absolute atomic E-state index is 0.949. The minimum Gasteiger partial charge on any atom is -0.365 e. The van der Waals surface area contributed by atoms with Gasteiger partial charge in [-0.2, -0.15) is 0 Å². The van der Waals surface area contributed by atoms with Crippen molar-refractivity contribution >= 4 is 17.6 Å². The molecular weight excluding hydrogens is 160 g/mol. The van der Waals surface area contributed by atoms with Gasteiger partial charge in [-0.3, -0.25) is 4.99 Å². The number of benzene rings is 1. The smallest absolute Gasteiger partial charge is 0.0860 e. The molecule has 0 fully saturated rings. The van der Waals surface area contributed by atoms with Gasteiger partial charge < -0.3 is 4.90 Å². The minimum atomic E-state index is 0.949. The molecule has 68 valence electrons. The van der Waals surface area contributed by atoms with Crippen molar-refractivity contribution in [2.45, 2.75) is 13.3 Å². The van der Waals surface area contributed by atoms with Crippen LogP contribution in [0.2, 0.25) is 0 Å². The fourth-order valence-corrected chi connectivity index (χ4v) is 1.66. The molecule has 0 saturated carbocycles. The Kier molecular flexibility index (Phi) is 2.30. The molecule has 0 amide bonds. The van der Waals surface area contributed by atoms with E-state index >= 15 is 0 Å². The van der Waals surface area contributed by atoms with E-state index in [0.29, 0.717) is 0 Å². The zero-order valence-corrected chi connectivity index (χ0v) is 7.90. The van der Waals surface area contributed by atoms with Crippen molar-refractivity contribution in [3.63, 3.8) is 0 Å². The van der Waals surface area contributed by atoms with E-state index in [2.05, 4.69) is 35.0 Å². The molecular formula is C11H14N2. The zero-order chi connectivity index (χ0) is 9.10. The lowest BCUT2D eigenvalue weighted by Crippen LogP contribution is -2.27. The summed E-state index contributed by atoms with van der Waals surface area (Å²) < 4.78 is 0. The van der Waals surface area contributed by atoms with Crippen LogP contribution in [0.15, 0.2) is 29.3 Å². The third-order valence-electron chi connectivity index (χ3n) is 2.25. The van der Waals surface area contributed by atoms with Crippen LogP contribution in [0.3, 0.4) is 0 Å². The highest BCUT2D eigenvalue weighted by Crippen LogP contribution is 2.30. The van der Waals surface area contributed by atoms with Gasteiger partial charge in [-0.05, 0) is 18.6 Å². The standard InChI is InChI=1S/C11H14N2/c1-2-8-13-9-7-12-10-5-3-4-6-11(10)13/h3-7H,2,8-9H2,1H3. The first-order valence-corrected chi connectivity index (χ1v) is 4.78. The van der Waals surface area contributed by atoms with E-state index in [1.165, 1.54) is 12.1 Å². The molecule has 0 bridgehead atoms. The Hall–Kier alpha value is -1.31. The van der Waals surface area contributed by atoms with E-state index in [4.69, 9.17) is 0 Å². The van der Waals surface area contributed by atoms with Crippen molar-refractivity contribution in [3.8, 4) is 0 Å². The second-order valence-electron chi connectivity index (χ2n) is 3.25. The Morgan fingerprint density at radius 3 is 3.08 bits per heavy atom. The summed E-state index contributed by atoms with van der Waals surface area (Å²) in [4.78, 5) is 6.72. The highest BCUT2D eigenvalue weighted by molar-refractivity contribution is 5.81. The van der Waals surface area contributed by atoms with Gasteiger partial charge in [0, 0.05) is 12.8 Å². The molecule has 13 heavy (non-hydrogen) atoms. The van der Waals surface area contributed by atoms with Crippen molar-refractivity contribution in [2.75, 3.05) is 18.0 Å². The highest BCUT2D eigenvalue weighted by Gasteiger charge is 2.11. The maximum Gasteiger partial charge on any atom is 0.0860 e. The maximum atomic E-state index is 4.36. The lowest BCUT2D eigenvalue weighted by molar-refractivity contribution is 0.826. The van der Waals surface area contributed by atoms with E-state index in [1.54, 1.807) is 0 Å². The molecule has 1 heterocycles. The van der Waals surface area contributed by atoms with Gasteiger partial charge in [-0.25, -0.2) is 0 Å². The van der Waals surface area contributed by atoms with E-state index in [9.17, 15) is 0 Å². The van der Waals surface area contributed by atoms with Crippen molar-refractivity contribution in [3.05, 3.63) is 24.3 Å². The lowest BCUT2D eigenvalue weighted by atomic mass is 10.2. The van der Waals surface area contributed by atoms with Gasteiger partial charge in [0.25, 0.3) is 0 Å². The molecule has 0 radical (unpaired) electrons. The lowest BCUT2D eigenvalue weighted by Gasteiger charge is -2.26. The number of anilines is 1. The number of nitrogens with zero attached hydrogens (tertiary/aromatic N) is 2. The molecule has 0 aromatic heterocycles. The van der Waals surface area contributed by atoms with Gasteiger partial charge >= 0.3 is 0 Å². The molecule has 0 atom stereocenters. The van der Waals surface area contributed by atoms with Crippen LogP contribution in [0, 0.1) is 0 Å². The molecule has 1 aromatic rings. The number of fused-ring (bicyclic) bond motifs is 1. The van der Waals surface area contributed by atoms with Gasteiger partial charge in [0.05, 0.1) is 17.9 Å². The van der Waals surface area contributed by atoms with E-state index < -0.39 is 0 Å². The van der Waals surface area contributed by atoms with Crippen LogP contribution in [-0.4, -0.2) is 19.3 Å². The van der Waals surface area contributed by atoms with Crippen molar-refractivity contribution in [1.82, 2.24) is 0 Å². The SMILES string of the molecule is CCCN1CC=Nc2ccccc21. The third-order valence-corrected chi connectivity index (χ3v) is 2.25. The Morgan fingerprint density at radius 1 is 1.38 bits per heavy atom. The second kappa shape index (κ2) is 3.60. The Labute approximate surface area is 78.9 Å². The molecule has 2 nitrogen and oxygen atoms in total. The number of hydrogen-bond donors (Lipinski definition) is 0. The van der Waals surface area contributed by atoms with Crippen molar-refractivity contribution in [2.24, 2.45) is 4.99 Å². The molecule has 1 aliphatic rings. The van der Waals surface area contributed by atoms with Gasteiger partial charge in [0.15, 0.2) is 0 Å². The van der Waals surface area contributed by atoms with Crippen LogP contribution >= 0.6 is 0 Å². The van der Waals surface area contributed by atoms with Crippen LogP contribution in [-0.2, 0) is 0 Å². The Bertz CT molecular complexity index is 318. The molecule has 1 aromatic carbocycles. The molecule has 2 rings (SSSR count). The molecule has 0 aliphatic carbocycles. The predicted octanol–water partition coefficient (Wildman–Crippen LogP) is 2.62. The van der Waals surface area contributed by atoms with Gasteiger partial charge in [0.1, 0.15) is 0 Å². The van der Waals surface area contributed by atoms with E-state index in [-0.39, 0.29) is 0 Å². The summed E-state index contributed by atoms with van der Waals surface area (Å²) in [7, 11) is 0. The van der Waals surface area contributed by atoms with Crippen LogP contribution in [0.25, 0.3) is 0 Å². The third kappa shape index (κ3) is 1.57. The topological polar surface area (TPSA) is 15.6 Å². The van der Waals surface area contributed by atoms with Gasteiger partial charge in [-0.15, -0.1) is 0 Å². The van der Waals surface area contributed by atoms with E-state index in [1.807, 2.05) is 12.3 Å². The van der Waals surface area contributed by atoms with Crippen molar-refractivity contribution < 1.29 is 0 Å². The molecule has 2 heteroatoms. The molecule has 0 spiro atoms. The normalized spacial score (nSPS) is 14.4. The van der Waals surface area contributed by atoms with Crippen LogP contribution < -0.4 is 4.90 Å². The number of rotatable bonds is 2. The molecule has 1 aliphatic heterocycles. The quantitative estimate of drug-likeness (QED) is 0.673. The largest absolute Gasteiger partial charge is 0.365 e. The zero-order valence-electron chi connectivity index (χ0n) is 7.90. The summed E-state index contributed by atoms with van der Waals surface area (Å²) >= 11 is 0. The van der Waals surface area contributed by atoms with Gasteiger partial charge in [0.2, 0.25) is 0 Å². The summed E-state index contributed by atoms with van der Waals surface area (Å²) in [5.41, 5.74) is 2.37. The summed E-state index contributed by atoms with van der Waals surface area (Å²) in [5, 5.41) is 0. The average Bonchev–Trinajstić information content (AvgIpc) is 2.19. The number of hydrogen-bond acceptors (Lipinski definition) is 2. The van der Waals surface area contributed by atoms with Crippen LogP contribution in [0.5, 0.6) is 0 Å².